The fourth-order valence-corrected chi connectivity index (χ4v) is 4.55. The molecule has 0 amide bonds. The fraction of sp³-hybridized carbons (Fsp3) is 0.636. The number of benzene rings is 1. The average molecular weight is 332 g/mol. The quantitative estimate of drug-likeness (QED) is 0.489. The molecule has 3 rings (SSSR count). The molecular weight excluding hydrogens is 302 g/mol. The Morgan fingerprint density at radius 2 is 1.75 bits per heavy atom. The van der Waals surface area contributed by atoms with E-state index in [0.29, 0.717) is 17.5 Å². The molecule has 1 fully saturated rings. The van der Waals surface area contributed by atoms with Gasteiger partial charge in [-0.25, -0.2) is 8.78 Å². The Labute approximate surface area is 145 Å². The summed E-state index contributed by atoms with van der Waals surface area (Å²) < 4.78 is 28.9. The number of hydrogen-bond donors (Lipinski definition) is 0. The molecule has 0 N–H and O–H groups in total. The Kier molecular flexibility index (Phi) is 6.08. The lowest BCUT2D eigenvalue weighted by Crippen LogP contribution is -2.14. The van der Waals surface area contributed by atoms with Crippen molar-refractivity contribution in [3.63, 3.8) is 0 Å². The van der Waals surface area contributed by atoms with Crippen LogP contribution in [0.2, 0.25) is 0 Å². The normalized spacial score (nSPS) is 22.0. The summed E-state index contributed by atoms with van der Waals surface area (Å²) in [4.78, 5) is 0. The molecular formula is C22H30F2. The fourth-order valence-electron chi connectivity index (χ4n) is 4.55. The number of unbranched alkanes of at least 4 members (excludes halogenated alkanes) is 2. The summed E-state index contributed by atoms with van der Waals surface area (Å²) in [6.45, 7) is 2.12. The third-order valence-electron chi connectivity index (χ3n) is 6.08. The van der Waals surface area contributed by atoms with Crippen LogP contribution < -0.4 is 0 Å². The highest BCUT2D eigenvalue weighted by Gasteiger charge is 2.27. The molecule has 1 aromatic rings. The summed E-state index contributed by atoms with van der Waals surface area (Å²) in [6, 6.07) is 3.61. The van der Waals surface area contributed by atoms with Gasteiger partial charge in [0.05, 0.1) is 0 Å². The highest BCUT2D eigenvalue weighted by atomic mass is 19.2. The monoisotopic (exact) mass is 332 g/mol. The van der Waals surface area contributed by atoms with Gasteiger partial charge in [-0.1, -0.05) is 63.7 Å². The highest BCUT2D eigenvalue weighted by molar-refractivity contribution is 5.67. The van der Waals surface area contributed by atoms with Crippen molar-refractivity contribution in [1.29, 1.82) is 0 Å². The van der Waals surface area contributed by atoms with Crippen LogP contribution in [0.3, 0.4) is 0 Å². The Morgan fingerprint density at radius 1 is 0.958 bits per heavy atom. The first-order valence-electron chi connectivity index (χ1n) is 9.87. The van der Waals surface area contributed by atoms with Crippen LogP contribution in [0.25, 0.3) is 5.57 Å². The molecule has 2 aliphatic rings. The minimum absolute atomic E-state index is 0.497. The number of allylic oxidation sites excluding steroid dienone is 2. The Morgan fingerprint density at radius 3 is 2.42 bits per heavy atom. The van der Waals surface area contributed by atoms with Crippen molar-refractivity contribution in [3.8, 4) is 0 Å². The number of halogens is 2. The Balaban J connectivity index is 1.69. The molecule has 0 nitrogen and oxygen atoms in total. The predicted octanol–water partition coefficient (Wildman–Crippen LogP) is 7.07. The van der Waals surface area contributed by atoms with Gasteiger partial charge in [-0.3, -0.25) is 0 Å². The molecule has 132 valence electrons. The summed E-state index contributed by atoms with van der Waals surface area (Å²) in [5.41, 5.74) is 2.04. The van der Waals surface area contributed by atoms with Gasteiger partial charge in [0.2, 0.25) is 0 Å². The van der Waals surface area contributed by atoms with Crippen LogP contribution in [0.1, 0.15) is 82.3 Å². The molecule has 24 heavy (non-hydrogen) atoms. The molecule has 0 saturated heterocycles. The lowest BCUT2D eigenvalue weighted by molar-refractivity contribution is 0.317. The molecule has 1 saturated carbocycles. The number of aryl methyl sites for hydroxylation is 1. The SMILES string of the molecule is CCCCCc1ccc(C2=CCC(C3CCCC3)CC2)c(F)c1F. The maximum Gasteiger partial charge on any atom is 0.166 e. The molecule has 0 bridgehead atoms. The minimum Gasteiger partial charge on any atom is -0.203 e. The van der Waals surface area contributed by atoms with E-state index in [1.807, 2.05) is 0 Å². The first-order valence-corrected chi connectivity index (χ1v) is 9.87. The van der Waals surface area contributed by atoms with Crippen molar-refractivity contribution < 1.29 is 8.78 Å². The van der Waals surface area contributed by atoms with Gasteiger partial charge < -0.3 is 0 Å². The van der Waals surface area contributed by atoms with Crippen LogP contribution in [-0.4, -0.2) is 0 Å². The van der Waals surface area contributed by atoms with Crippen molar-refractivity contribution in [3.05, 3.63) is 41.0 Å². The van der Waals surface area contributed by atoms with E-state index in [1.165, 1.54) is 25.7 Å². The lowest BCUT2D eigenvalue weighted by Gasteiger charge is -2.27. The smallest absolute Gasteiger partial charge is 0.166 e. The number of hydrogen-bond acceptors (Lipinski definition) is 0. The van der Waals surface area contributed by atoms with Crippen molar-refractivity contribution >= 4 is 5.57 Å². The van der Waals surface area contributed by atoms with Crippen molar-refractivity contribution in [1.82, 2.24) is 0 Å². The van der Waals surface area contributed by atoms with E-state index in [4.69, 9.17) is 0 Å². The van der Waals surface area contributed by atoms with Crippen molar-refractivity contribution in [2.45, 2.75) is 77.6 Å². The van der Waals surface area contributed by atoms with Gasteiger partial charge in [0.25, 0.3) is 0 Å². The van der Waals surface area contributed by atoms with Crippen molar-refractivity contribution in [2.24, 2.45) is 11.8 Å². The molecule has 2 heteroatoms. The van der Waals surface area contributed by atoms with Crippen LogP contribution in [0.5, 0.6) is 0 Å². The van der Waals surface area contributed by atoms with Gasteiger partial charge in [0, 0.05) is 5.56 Å². The zero-order valence-corrected chi connectivity index (χ0v) is 14.9. The molecule has 1 unspecified atom stereocenters. The Bertz CT molecular complexity index is 582. The predicted molar refractivity (Wildman–Crippen MR) is 96.9 cm³/mol. The minimum atomic E-state index is -0.630. The second-order valence-electron chi connectivity index (χ2n) is 7.67. The van der Waals surface area contributed by atoms with E-state index < -0.39 is 11.6 Å². The van der Waals surface area contributed by atoms with E-state index in [2.05, 4.69) is 13.0 Å². The molecule has 1 atom stereocenters. The average Bonchev–Trinajstić information content (AvgIpc) is 3.14. The topological polar surface area (TPSA) is 0 Å². The van der Waals surface area contributed by atoms with E-state index in [9.17, 15) is 8.78 Å². The Hall–Kier alpha value is -1.18. The molecule has 0 heterocycles. The molecule has 2 aliphatic carbocycles. The second-order valence-corrected chi connectivity index (χ2v) is 7.67. The van der Waals surface area contributed by atoms with Crippen LogP contribution in [0.15, 0.2) is 18.2 Å². The maximum absolute atomic E-state index is 14.5. The first kappa shape index (κ1) is 17.6. The summed E-state index contributed by atoms with van der Waals surface area (Å²) in [5, 5.41) is 0. The molecule has 0 radical (unpaired) electrons. The first-order chi connectivity index (χ1) is 11.7. The molecule has 0 aliphatic heterocycles. The summed E-state index contributed by atoms with van der Waals surface area (Å²) >= 11 is 0. The zero-order valence-electron chi connectivity index (χ0n) is 14.9. The third-order valence-corrected chi connectivity index (χ3v) is 6.08. The molecule has 0 aromatic heterocycles. The van der Waals surface area contributed by atoms with E-state index >= 15 is 0 Å². The van der Waals surface area contributed by atoms with Crippen LogP contribution in [-0.2, 0) is 6.42 Å². The second kappa shape index (κ2) is 8.27. The zero-order chi connectivity index (χ0) is 16.9. The van der Waals surface area contributed by atoms with E-state index in [1.54, 1.807) is 12.1 Å². The van der Waals surface area contributed by atoms with Gasteiger partial charge >= 0.3 is 0 Å². The summed E-state index contributed by atoms with van der Waals surface area (Å²) in [7, 11) is 0. The van der Waals surface area contributed by atoms with Crippen LogP contribution in [0.4, 0.5) is 8.78 Å². The van der Waals surface area contributed by atoms with Crippen molar-refractivity contribution in [2.75, 3.05) is 0 Å². The number of rotatable bonds is 6. The van der Waals surface area contributed by atoms with E-state index in [-0.39, 0.29) is 0 Å². The van der Waals surface area contributed by atoms with Crippen LogP contribution in [0, 0.1) is 23.5 Å². The van der Waals surface area contributed by atoms with Gasteiger partial charge in [0.15, 0.2) is 11.6 Å². The lowest BCUT2D eigenvalue weighted by atomic mass is 9.78. The van der Waals surface area contributed by atoms with Crippen LogP contribution >= 0.6 is 0 Å². The molecule has 1 aromatic carbocycles. The highest BCUT2D eigenvalue weighted by Crippen LogP contribution is 2.41. The molecule has 0 spiro atoms. The van der Waals surface area contributed by atoms with E-state index in [0.717, 1.165) is 55.9 Å². The summed E-state index contributed by atoms with van der Waals surface area (Å²) in [6.07, 6.45) is 14.5. The van der Waals surface area contributed by atoms with Gasteiger partial charge in [-0.15, -0.1) is 0 Å². The summed E-state index contributed by atoms with van der Waals surface area (Å²) in [5.74, 6) is 0.375. The largest absolute Gasteiger partial charge is 0.203 e. The standard InChI is InChI=1S/C22H30F2/c1-2-3-4-9-19-14-15-20(22(24)21(19)23)18-12-10-17(11-13-18)16-7-5-6-8-16/h12,14-17H,2-11,13H2,1H3. The maximum atomic E-state index is 14.5. The van der Waals surface area contributed by atoms with Gasteiger partial charge in [0.1, 0.15) is 0 Å². The third kappa shape index (κ3) is 3.90. The van der Waals surface area contributed by atoms with Gasteiger partial charge in [-0.2, -0.15) is 0 Å². The van der Waals surface area contributed by atoms with Gasteiger partial charge in [-0.05, 0) is 55.1 Å².